The van der Waals surface area contributed by atoms with E-state index in [9.17, 15) is 9.59 Å². The summed E-state index contributed by atoms with van der Waals surface area (Å²) in [7, 11) is 4.79. The van der Waals surface area contributed by atoms with Gasteiger partial charge in [-0.25, -0.2) is 0 Å². The fourth-order valence-corrected chi connectivity index (χ4v) is 4.15. The van der Waals surface area contributed by atoms with Crippen LogP contribution in [0.15, 0.2) is 12.1 Å². The molecule has 3 rings (SSSR count). The van der Waals surface area contributed by atoms with Crippen molar-refractivity contribution in [1.29, 1.82) is 0 Å². The van der Waals surface area contributed by atoms with Gasteiger partial charge >= 0.3 is 0 Å². The first-order valence-corrected chi connectivity index (χ1v) is 10.1. The molecule has 0 spiro atoms. The molecule has 0 radical (unpaired) electrons. The van der Waals surface area contributed by atoms with Crippen LogP contribution >= 0.6 is 0 Å². The third kappa shape index (κ3) is 4.75. The van der Waals surface area contributed by atoms with Crippen molar-refractivity contribution in [2.45, 2.75) is 31.7 Å². The molecule has 0 bridgehead atoms. The Hall–Kier alpha value is -2.48. The van der Waals surface area contributed by atoms with E-state index in [4.69, 9.17) is 19.9 Å². The Morgan fingerprint density at radius 1 is 1.03 bits per heavy atom. The molecule has 2 saturated heterocycles. The molecule has 8 heteroatoms. The molecule has 0 aromatic heterocycles. The minimum absolute atomic E-state index is 0.00137. The highest BCUT2D eigenvalue weighted by Crippen LogP contribution is 2.35. The van der Waals surface area contributed by atoms with E-state index < -0.39 is 0 Å². The van der Waals surface area contributed by atoms with Crippen molar-refractivity contribution >= 4 is 11.8 Å². The third-order valence-electron chi connectivity index (χ3n) is 6.07. The number of hydrogen-bond acceptors (Lipinski definition) is 6. The number of piperidine rings is 1. The van der Waals surface area contributed by atoms with E-state index in [0.29, 0.717) is 36.1 Å². The smallest absolute Gasteiger partial charge is 0.223 e. The first-order chi connectivity index (χ1) is 14.0. The Balaban J connectivity index is 1.50. The fourth-order valence-electron chi connectivity index (χ4n) is 4.15. The Kier molecular flexibility index (Phi) is 6.84. The number of rotatable bonds is 8. The summed E-state index contributed by atoms with van der Waals surface area (Å²) in [6, 6.07) is 3.99. The number of methoxy groups -OCH3 is 3. The number of nitrogens with zero attached hydrogens (tertiary/aromatic N) is 2. The van der Waals surface area contributed by atoms with Crippen molar-refractivity contribution in [2.75, 3.05) is 47.5 Å². The maximum absolute atomic E-state index is 12.6. The maximum Gasteiger partial charge on any atom is 0.223 e. The predicted molar refractivity (Wildman–Crippen MR) is 108 cm³/mol. The number of ether oxygens (including phenoxy) is 3. The van der Waals surface area contributed by atoms with E-state index in [2.05, 4.69) is 4.90 Å². The average molecular weight is 405 g/mol. The summed E-state index contributed by atoms with van der Waals surface area (Å²) in [4.78, 5) is 28.2. The zero-order valence-electron chi connectivity index (χ0n) is 17.5. The number of benzene rings is 1. The fraction of sp³-hybridized carbons (Fsp3) is 0.619. The molecule has 0 unspecified atom stereocenters. The number of carbonyl (C=O) groups excluding carboxylic acids is 2. The molecule has 0 aliphatic carbocycles. The van der Waals surface area contributed by atoms with Crippen molar-refractivity contribution in [3.05, 3.63) is 17.7 Å². The van der Waals surface area contributed by atoms with E-state index in [0.717, 1.165) is 44.6 Å². The molecular formula is C21H31N3O5. The maximum atomic E-state index is 12.6. The van der Waals surface area contributed by atoms with Gasteiger partial charge in [-0.3, -0.25) is 14.5 Å². The highest BCUT2D eigenvalue weighted by molar-refractivity contribution is 5.78. The molecule has 160 valence electrons. The van der Waals surface area contributed by atoms with Gasteiger partial charge in [0.1, 0.15) is 17.2 Å². The van der Waals surface area contributed by atoms with Crippen molar-refractivity contribution in [1.82, 2.24) is 9.80 Å². The largest absolute Gasteiger partial charge is 0.496 e. The molecule has 1 aromatic carbocycles. The number of nitrogens with two attached hydrogens (primary N) is 1. The molecule has 2 fully saturated rings. The van der Waals surface area contributed by atoms with E-state index in [-0.39, 0.29) is 17.7 Å². The number of likely N-dealkylation sites (tertiary alicyclic amines) is 2. The van der Waals surface area contributed by atoms with Gasteiger partial charge in [-0.15, -0.1) is 0 Å². The van der Waals surface area contributed by atoms with Crippen molar-refractivity contribution < 1.29 is 23.8 Å². The molecule has 2 aliphatic rings. The van der Waals surface area contributed by atoms with Crippen molar-refractivity contribution in [3.63, 3.8) is 0 Å². The Morgan fingerprint density at radius 2 is 1.62 bits per heavy atom. The van der Waals surface area contributed by atoms with Crippen molar-refractivity contribution in [2.24, 2.45) is 11.7 Å². The Morgan fingerprint density at radius 3 is 2.10 bits per heavy atom. The zero-order valence-corrected chi connectivity index (χ0v) is 17.5. The van der Waals surface area contributed by atoms with Crippen LogP contribution < -0.4 is 19.9 Å². The number of hydrogen-bond donors (Lipinski definition) is 1. The predicted octanol–water partition coefficient (Wildman–Crippen LogP) is 1.05. The van der Waals surface area contributed by atoms with Gasteiger partial charge in [0, 0.05) is 49.2 Å². The third-order valence-corrected chi connectivity index (χ3v) is 6.07. The first kappa shape index (κ1) is 21.2. The van der Waals surface area contributed by atoms with Gasteiger partial charge in [0.2, 0.25) is 11.8 Å². The second kappa shape index (κ2) is 9.35. The normalized spacial score (nSPS) is 18.2. The second-order valence-electron chi connectivity index (χ2n) is 7.68. The van der Waals surface area contributed by atoms with Crippen molar-refractivity contribution in [3.8, 4) is 17.2 Å². The summed E-state index contributed by atoms with van der Waals surface area (Å²) >= 11 is 0. The average Bonchev–Trinajstić information content (AvgIpc) is 2.70. The van der Waals surface area contributed by atoms with E-state index >= 15 is 0 Å². The molecule has 1 aromatic rings. The summed E-state index contributed by atoms with van der Waals surface area (Å²) in [5.41, 5.74) is 6.27. The molecule has 0 atom stereocenters. The van der Waals surface area contributed by atoms with Gasteiger partial charge < -0.3 is 24.8 Å². The molecule has 8 nitrogen and oxygen atoms in total. The van der Waals surface area contributed by atoms with E-state index in [1.165, 1.54) is 0 Å². The highest BCUT2D eigenvalue weighted by Gasteiger charge is 2.36. The van der Waals surface area contributed by atoms with Crippen LogP contribution in [0.3, 0.4) is 0 Å². The minimum Gasteiger partial charge on any atom is -0.496 e. The van der Waals surface area contributed by atoms with Crippen LogP contribution in [0.5, 0.6) is 17.2 Å². The number of amides is 2. The van der Waals surface area contributed by atoms with E-state index in [1.807, 2.05) is 4.90 Å². The van der Waals surface area contributed by atoms with Crippen LogP contribution in [0, 0.1) is 5.92 Å². The van der Waals surface area contributed by atoms with E-state index in [1.54, 1.807) is 33.5 Å². The van der Waals surface area contributed by atoms with Gasteiger partial charge in [-0.05, 0) is 32.4 Å². The molecule has 2 heterocycles. The molecular weight excluding hydrogens is 374 g/mol. The molecule has 0 saturated carbocycles. The zero-order chi connectivity index (χ0) is 21.0. The lowest BCUT2D eigenvalue weighted by molar-refractivity contribution is -0.139. The molecule has 2 aliphatic heterocycles. The van der Waals surface area contributed by atoms with Gasteiger partial charge in [-0.2, -0.15) is 0 Å². The molecule has 2 amide bonds. The Bertz CT molecular complexity index is 715. The van der Waals surface area contributed by atoms with Crippen LogP contribution in [0.2, 0.25) is 0 Å². The standard InChI is InChI=1S/C21H31N3O5/c1-27-16-10-18(28-2)17(19(11-16)29-3)4-5-20(25)24-12-15(13-24)23-8-6-14(7-9-23)21(22)26/h10-11,14-15H,4-9,12-13H2,1-3H3,(H2,22,26). The van der Waals surface area contributed by atoms with Crippen LogP contribution in [-0.2, 0) is 16.0 Å². The highest BCUT2D eigenvalue weighted by atomic mass is 16.5. The lowest BCUT2D eigenvalue weighted by Crippen LogP contribution is -2.62. The topological polar surface area (TPSA) is 94.3 Å². The summed E-state index contributed by atoms with van der Waals surface area (Å²) in [5.74, 6) is 1.91. The number of primary amides is 1. The number of carbonyl (C=O) groups is 2. The lowest BCUT2D eigenvalue weighted by Gasteiger charge is -2.47. The van der Waals surface area contributed by atoms with Gasteiger partial charge in [-0.1, -0.05) is 0 Å². The lowest BCUT2D eigenvalue weighted by atomic mass is 9.93. The van der Waals surface area contributed by atoms with Gasteiger partial charge in [0.05, 0.1) is 21.3 Å². The van der Waals surface area contributed by atoms with Gasteiger partial charge in [0.15, 0.2) is 0 Å². The molecule has 29 heavy (non-hydrogen) atoms. The minimum atomic E-state index is -0.195. The quantitative estimate of drug-likeness (QED) is 0.695. The SMILES string of the molecule is COc1cc(OC)c(CCC(=O)N2CC(N3CCC(C(N)=O)CC3)C2)c(OC)c1. The second-order valence-corrected chi connectivity index (χ2v) is 7.68. The van der Waals surface area contributed by atoms with Gasteiger partial charge in [0.25, 0.3) is 0 Å². The summed E-state index contributed by atoms with van der Waals surface area (Å²) in [6.45, 7) is 3.25. The Labute approximate surface area is 171 Å². The summed E-state index contributed by atoms with van der Waals surface area (Å²) in [6.07, 6.45) is 2.57. The summed E-state index contributed by atoms with van der Waals surface area (Å²) in [5, 5.41) is 0. The van der Waals surface area contributed by atoms with Crippen LogP contribution in [0.25, 0.3) is 0 Å². The van der Waals surface area contributed by atoms with Crippen LogP contribution in [0.4, 0.5) is 0 Å². The molecule has 2 N–H and O–H groups in total. The summed E-state index contributed by atoms with van der Waals surface area (Å²) < 4.78 is 16.2. The monoisotopic (exact) mass is 405 g/mol. The van der Waals surface area contributed by atoms with Crippen LogP contribution in [0.1, 0.15) is 24.8 Å². The first-order valence-electron chi connectivity index (χ1n) is 10.1. The van der Waals surface area contributed by atoms with Crippen LogP contribution in [-0.4, -0.2) is 75.2 Å².